The summed E-state index contributed by atoms with van der Waals surface area (Å²) in [5.41, 5.74) is 0. The Morgan fingerprint density at radius 1 is 2.00 bits per heavy atom. The largest absolute Gasteiger partial charge is 0.189 e. The highest BCUT2D eigenvalue weighted by molar-refractivity contribution is 9.12. The van der Waals surface area contributed by atoms with Crippen LogP contribution in [0.5, 0.6) is 0 Å². The van der Waals surface area contributed by atoms with Gasteiger partial charge in [-0.1, -0.05) is 20.3 Å². The summed E-state index contributed by atoms with van der Waals surface area (Å²) < 4.78 is 1.23. The van der Waals surface area contributed by atoms with E-state index in [2.05, 4.69) is 15.9 Å². The molecule has 1 radical (unpaired) electrons. The third-order valence-corrected chi connectivity index (χ3v) is 0.821. The molecule has 0 saturated carbocycles. The maximum Gasteiger partial charge on any atom is 0.189 e. The summed E-state index contributed by atoms with van der Waals surface area (Å²) in [5, 5.41) is 0. The Morgan fingerprint density at radius 3 is 2.25 bits per heavy atom. The van der Waals surface area contributed by atoms with E-state index in [0.29, 0.717) is 0 Å². The van der Waals surface area contributed by atoms with Crippen LogP contribution in [0, 0.1) is 0 Å². The fourth-order valence-corrected chi connectivity index (χ4v) is 0.164. The Bertz CT molecular complexity index is 57.1. The minimum absolute atomic E-state index is 1.23. The Labute approximate surface area is 34.3 Å². The standard InChI is InChI=1S/C2HBBr/c4-2-1-3-2/h1H. The summed E-state index contributed by atoms with van der Waals surface area (Å²) in [6.45, 7) is 0. The van der Waals surface area contributed by atoms with Gasteiger partial charge in [0, 0.05) is 0 Å². The highest BCUT2D eigenvalue weighted by Gasteiger charge is 2.00. The topological polar surface area (TPSA) is 0 Å². The van der Waals surface area contributed by atoms with Crippen LogP contribution in [0.3, 0.4) is 0 Å². The summed E-state index contributed by atoms with van der Waals surface area (Å²) in [6, 6.07) is 0. The molecule has 1 aliphatic rings. The molecule has 0 aliphatic carbocycles. The zero-order valence-electron chi connectivity index (χ0n) is 2.03. The van der Waals surface area contributed by atoms with Gasteiger partial charge in [0.1, 0.15) is 0 Å². The molecule has 0 aromatic rings. The molecular weight excluding hydrogens is 115 g/mol. The second-order valence-electron chi connectivity index (χ2n) is 0.718. The van der Waals surface area contributed by atoms with Gasteiger partial charge < -0.3 is 0 Å². The molecule has 0 unspecified atom stereocenters. The van der Waals surface area contributed by atoms with Gasteiger partial charge in [0.2, 0.25) is 0 Å². The van der Waals surface area contributed by atoms with E-state index in [-0.39, 0.29) is 0 Å². The third-order valence-electron chi connectivity index (χ3n) is 0.293. The monoisotopic (exact) mass is 115 g/mol. The lowest BCUT2D eigenvalue weighted by Crippen LogP contribution is -1.40. The SMILES string of the molecule is BrC1=C[B]1. The first-order valence-electron chi connectivity index (χ1n) is 1.10. The fraction of sp³-hybridized carbons (Fsp3) is 0. The van der Waals surface area contributed by atoms with Crippen molar-refractivity contribution in [1.82, 2.24) is 0 Å². The van der Waals surface area contributed by atoms with Gasteiger partial charge in [-0.3, -0.25) is 0 Å². The molecule has 0 saturated heterocycles. The van der Waals surface area contributed by atoms with E-state index in [9.17, 15) is 0 Å². The molecule has 0 aromatic carbocycles. The van der Waals surface area contributed by atoms with Crippen LogP contribution in [-0.2, 0) is 0 Å². The molecule has 1 rings (SSSR count). The normalized spacial score (nSPS) is 17.8. The van der Waals surface area contributed by atoms with Gasteiger partial charge in [-0.05, 0) is 0 Å². The van der Waals surface area contributed by atoms with Crippen molar-refractivity contribution >= 4 is 23.2 Å². The predicted octanol–water partition coefficient (Wildman–Crippen LogP) is 0.898. The zero-order chi connectivity index (χ0) is 2.99. The first-order chi connectivity index (χ1) is 1.89. The molecule has 0 aromatic heterocycles. The summed E-state index contributed by atoms with van der Waals surface area (Å²) >= 11 is 3.19. The van der Waals surface area contributed by atoms with Crippen molar-refractivity contribution < 1.29 is 0 Å². The van der Waals surface area contributed by atoms with Gasteiger partial charge in [0.15, 0.2) is 7.28 Å². The average molecular weight is 116 g/mol. The van der Waals surface area contributed by atoms with E-state index < -0.39 is 0 Å². The van der Waals surface area contributed by atoms with Crippen LogP contribution >= 0.6 is 15.9 Å². The Balaban J connectivity index is 2.54. The van der Waals surface area contributed by atoms with Gasteiger partial charge in [-0.15, -0.1) is 5.98 Å². The lowest BCUT2D eigenvalue weighted by molar-refractivity contribution is 2.72. The van der Waals surface area contributed by atoms with Gasteiger partial charge >= 0.3 is 0 Å². The summed E-state index contributed by atoms with van der Waals surface area (Å²) in [5.74, 6) is 2.00. The maximum absolute atomic E-state index is 3.19. The molecule has 0 atom stereocenters. The van der Waals surface area contributed by atoms with E-state index >= 15 is 0 Å². The third kappa shape index (κ3) is 0.350. The number of hydrogen-bond donors (Lipinski definition) is 0. The van der Waals surface area contributed by atoms with E-state index in [1.54, 1.807) is 0 Å². The average Bonchev–Trinajstić information content (AvgIpc) is 1.75. The van der Waals surface area contributed by atoms with E-state index in [4.69, 9.17) is 0 Å². The fourth-order valence-electron chi connectivity index (χ4n) is 0.0315. The van der Waals surface area contributed by atoms with E-state index in [0.717, 1.165) is 0 Å². The molecule has 0 spiro atoms. The smallest absolute Gasteiger partial charge is 0.115 e. The first-order valence-corrected chi connectivity index (χ1v) is 1.89. The maximum atomic E-state index is 3.19. The second kappa shape index (κ2) is 0.614. The van der Waals surface area contributed by atoms with Crippen molar-refractivity contribution in [3.8, 4) is 0 Å². The highest BCUT2D eigenvalue weighted by atomic mass is 79.9. The summed E-state index contributed by atoms with van der Waals surface area (Å²) in [7, 11) is 2.00. The zero-order valence-corrected chi connectivity index (χ0v) is 3.62. The Morgan fingerprint density at radius 2 is 2.25 bits per heavy atom. The minimum atomic E-state index is 1.23. The van der Waals surface area contributed by atoms with Crippen molar-refractivity contribution in [2.75, 3.05) is 0 Å². The van der Waals surface area contributed by atoms with Crippen LogP contribution in [0.15, 0.2) is 10.4 Å². The van der Waals surface area contributed by atoms with Crippen LogP contribution in [0.25, 0.3) is 0 Å². The van der Waals surface area contributed by atoms with E-state index in [1.807, 2.05) is 13.3 Å². The molecule has 0 amide bonds. The van der Waals surface area contributed by atoms with Gasteiger partial charge in [-0.2, -0.15) is 0 Å². The van der Waals surface area contributed by atoms with Crippen molar-refractivity contribution in [1.29, 1.82) is 0 Å². The Kier molecular flexibility index (Phi) is 0.387. The summed E-state index contributed by atoms with van der Waals surface area (Å²) in [4.78, 5) is 0. The minimum Gasteiger partial charge on any atom is -0.115 e. The van der Waals surface area contributed by atoms with Crippen molar-refractivity contribution in [2.45, 2.75) is 0 Å². The second-order valence-corrected chi connectivity index (χ2v) is 1.63. The molecule has 1 aliphatic heterocycles. The number of halogens is 1. The van der Waals surface area contributed by atoms with Crippen LogP contribution in [0.1, 0.15) is 0 Å². The van der Waals surface area contributed by atoms with Crippen LogP contribution in [0.2, 0.25) is 0 Å². The molecule has 4 heavy (non-hydrogen) atoms. The van der Waals surface area contributed by atoms with Crippen molar-refractivity contribution in [3.63, 3.8) is 0 Å². The van der Waals surface area contributed by atoms with Crippen LogP contribution in [0.4, 0.5) is 0 Å². The first kappa shape index (κ1) is 2.52. The molecule has 19 valence electrons. The molecule has 0 N–H and O–H groups in total. The van der Waals surface area contributed by atoms with Crippen molar-refractivity contribution in [3.05, 3.63) is 10.4 Å². The number of rotatable bonds is 0. The predicted molar refractivity (Wildman–Crippen MR) is 22.8 cm³/mol. The molecule has 1 heterocycles. The van der Waals surface area contributed by atoms with Crippen LogP contribution < -0.4 is 0 Å². The van der Waals surface area contributed by atoms with Crippen molar-refractivity contribution in [2.24, 2.45) is 0 Å². The van der Waals surface area contributed by atoms with E-state index in [1.165, 1.54) is 4.38 Å². The lowest BCUT2D eigenvalue weighted by atomic mass is 10.1. The Hall–Kier alpha value is 0.285. The molecule has 0 fully saturated rings. The number of hydrogen-bond acceptors (Lipinski definition) is 0. The molecule has 0 bridgehead atoms. The lowest BCUT2D eigenvalue weighted by Gasteiger charge is -1.42. The molecule has 0 nitrogen and oxygen atoms in total. The van der Waals surface area contributed by atoms with Gasteiger partial charge in [0.25, 0.3) is 0 Å². The van der Waals surface area contributed by atoms with Crippen LogP contribution in [-0.4, -0.2) is 7.28 Å². The summed E-state index contributed by atoms with van der Waals surface area (Å²) in [6.07, 6.45) is 0. The van der Waals surface area contributed by atoms with Gasteiger partial charge in [-0.25, -0.2) is 0 Å². The quantitative estimate of drug-likeness (QED) is 0.412. The molecular formula is C2HBBr. The molecule has 2 heteroatoms. The van der Waals surface area contributed by atoms with Gasteiger partial charge in [0.05, 0.1) is 0 Å². The highest BCUT2D eigenvalue weighted by Crippen LogP contribution is 2.12.